The number of aryl methyl sites for hydroxylation is 1. The third-order valence-electron chi connectivity index (χ3n) is 6.64. The van der Waals surface area contributed by atoms with E-state index in [2.05, 4.69) is 17.6 Å². The minimum atomic E-state index is -1.31. The van der Waals surface area contributed by atoms with Crippen LogP contribution in [-0.2, 0) is 23.9 Å². The molecule has 0 spiro atoms. The first kappa shape index (κ1) is 35.9. The van der Waals surface area contributed by atoms with Crippen molar-refractivity contribution in [1.29, 1.82) is 0 Å². The van der Waals surface area contributed by atoms with Gasteiger partial charge in [0.15, 0.2) is 0 Å². The fourth-order valence-electron chi connectivity index (χ4n) is 4.40. The van der Waals surface area contributed by atoms with Crippen LogP contribution in [0, 0.1) is 13.8 Å². The molecule has 1 rings (SSSR count). The zero-order chi connectivity index (χ0) is 31.0. The number of aliphatic hydroxyl groups is 1. The first-order valence-corrected chi connectivity index (χ1v) is 14.8. The molecule has 41 heavy (non-hydrogen) atoms. The number of ether oxygens (including phenoxy) is 2. The number of unbranched alkanes of at least 4 members (excludes halogenated alkanes) is 5. The maximum atomic E-state index is 14.0. The normalized spacial score (nSPS) is 12.7. The summed E-state index contributed by atoms with van der Waals surface area (Å²) in [6.45, 7) is 12.6. The van der Waals surface area contributed by atoms with Crippen LogP contribution in [0.3, 0.4) is 0 Å². The van der Waals surface area contributed by atoms with Crippen LogP contribution in [0.1, 0.15) is 102 Å². The van der Waals surface area contributed by atoms with Gasteiger partial charge >= 0.3 is 12.1 Å². The smallest absolute Gasteiger partial charge is 0.408 e. The number of rotatable bonds is 17. The van der Waals surface area contributed by atoms with E-state index in [1.807, 2.05) is 26.0 Å². The van der Waals surface area contributed by atoms with Gasteiger partial charge in [0, 0.05) is 13.1 Å². The van der Waals surface area contributed by atoms with E-state index in [4.69, 9.17) is 9.47 Å². The number of nitrogens with one attached hydrogen (secondary N) is 2. The van der Waals surface area contributed by atoms with E-state index in [0.29, 0.717) is 12.0 Å². The molecule has 0 aromatic heterocycles. The SMILES string of the molecule is CCCCCCCCN(C(=O)C(CO)NC(=O)OC(C)(C)C)C(C(=O)NCCC(=O)OCC)c1cccc(C)c1C. The van der Waals surface area contributed by atoms with Gasteiger partial charge in [-0.3, -0.25) is 14.4 Å². The molecule has 3 amide bonds. The lowest BCUT2D eigenvalue weighted by atomic mass is 9.94. The van der Waals surface area contributed by atoms with Crippen molar-refractivity contribution in [3.8, 4) is 0 Å². The highest BCUT2D eigenvalue weighted by atomic mass is 16.6. The Morgan fingerprint density at radius 2 is 1.66 bits per heavy atom. The monoisotopic (exact) mass is 577 g/mol. The second-order valence-electron chi connectivity index (χ2n) is 11.2. The zero-order valence-corrected chi connectivity index (χ0v) is 26.0. The molecule has 10 heteroatoms. The van der Waals surface area contributed by atoms with Crippen molar-refractivity contribution in [3.63, 3.8) is 0 Å². The topological polar surface area (TPSA) is 134 Å². The van der Waals surface area contributed by atoms with E-state index in [9.17, 15) is 24.3 Å². The van der Waals surface area contributed by atoms with Gasteiger partial charge in [0.1, 0.15) is 17.7 Å². The number of esters is 1. The Balaban J connectivity index is 3.40. The molecular weight excluding hydrogens is 526 g/mol. The Labute approximate surface area is 245 Å². The van der Waals surface area contributed by atoms with E-state index < -0.39 is 48.2 Å². The first-order chi connectivity index (χ1) is 19.4. The highest BCUT2D eigenvalue weighted by Crippen LogP contribution is 2.28. The number of hydrogen-bond donors (Lipinski definition) is 3. The summed E-state index contributed by atoms with van der Waals surface area (Å²) in [6.07, 6.45) is 4.96. The molecular formula is C31H51N3O7. The highest BCUT2D eigenvalue weighted by Gasteiger charge is 2.36. The number of hydrogen-bond acceptors (Lipinski definition) is 7. The summed E-state index contributed by atoms with van der Waals surface area (Å²) in [4.78, 5) is 53.5. The Hall–Kier alpha value is -3.14. The molecule has 0 radical (unpaired) electrons. The Morgan fingerprint density at radius 1 is 1.00 bits per heavy atom. The molecule has 0 saturated carbocycles. The molecule has 0 bridgehead atoms. The van der Waals surface area contributed by atoms with Crippen molar-refractivity contribution < 1.29 is 33.8 Å². The van der Waals surface area contributed by atoms with Crippen LogP contribution >= 0.6 is 0 Å². The van der Waals surface area contributed by atoms with Gasteiger partial charge in [0.2, 0.25) is 11.8 Å². The van der Waals surface area contributed by atoms with Crippen molar-refractivity contribution in [2.45, 2.75) is 111 Å². The predicted octanol–water partition coefficient (Wildman–Crippen LogP) is 4.49. The van der Waals surface area contributed by atoms with Crippen LogP contribution in [0.2, 0.25) is 0 Å². The van der Waals surface area contributed by atoms with Crippen LogP contribution in [0.4, 0.5) is 4.79 Å². The lowest BCUT2D eigenvalue weighted by Crippen LogP contribution is -2.54. The molecule has 1 aromatic carbocycles. The van der Waals surface area contributed by atoms with Crippen molar-refractivity contribution >= 4 is 23.9 Å². The number of carbonyl (C=O) groups is 4. The number of carbonyl (C=O) groups excluding carboxylic acids is 4. The summed E-state index contributed by atoms with van der Waals surface area (Å²) in [6, 6.07) is 3.19. The molecule has 0 aliphatic carbocycles. The summed E-state index contributed by atoms with van der Waals surface area (Å²) < 4.78 is 10.3. The molecule has 0 aliphatic heterocycles. The van der Waals surface area contributed by atoms with Crippen LogP contribution in [0.25, 0.3) is 0 Å². The molecule has 0 fully saturated rings. The second kappa shape index (κ2) is 18.3. The standard InChI is InChI=1S/C31H51N3O7/c1-8-10-11-12-13-14-20-34(29(38)25(21-35)33-30(39)41-31(5,6)7)27(24-17-15-16-22(3)23(24)4)28(37)32-19-18-26(36)40-9-2/h15-17,25,27,35H,8-14,18-21H2,1-7H3,(H,32,37)(H,33,39). The summed E-state index contributed by atoms with van der Waals surface area (Å²) in [5.74, 6) is -1.49. The molecule has 0 saturated heterocycles. The molecule has 0 heterocycles. The van der Waals surface area contributed by atoms with Crippen molar-refractivity contribution in [2.75, 3.05) is 26.3 Å². The van der Waals surface area contributed by atoms with Crippen molar-refractivity contribution in [1.82, 2.24) is 15.5 Å². The minimum Gasteiger partial charge on any atom is -0.466 e. The van der Waals surface area contributed by atoms with Crippen molar-refractivity contribution in [2.24, 2.45) is 0 Å². The maximum Gasteiger partial charge on any atom is 0.408 e. The molecule has 2 unspecified atom stereocenters. The lowest BCUT2D eigenvalue weighted by molar-refractivity contribution is -0.144. The number of alkyl carbamates (subject to hydrolysis) is 1. The molecule has 0 aliphatic rings. The average molecular weight is 578 g/mol. The largest absolute Gasteiger partial charge is 0.466 e. The first-order valence-electron chi connectivity index (χ1n) is 14.8. The second-order valence-corrected chi connectivity index (χ2v) is 11.2. The Morgan fingerprint density at radius 3 is 2.27 bits per heavy atom. The number of nitrogens with zero attached hydrogens (tertiary/aromatic N) is 1. The summed E-state index contributed by atoms with van der Waals surface area (Å²) in [5.41, 5.74) is 1.63. The van der Waals surface area contributed by atoms with E-state index in [0.717, 1.165) is 43.2 Å². The van der Waals surface area contributed by atoms with E-state index in [1.165, 1.54) is 4.90 Å². The van der Waals surface area contributed by atoms with Gasteiger partial charge in [-0.1, -0.05) is 57.2 Å². The quantitative estimate of drug-likeness (QED) is 0.183. The van der Waals surface area contributed by atoms with Gasteiger partial charge in [0.05, 0.1) is 19.6 Å². The average Bonchev–Trinajstić information content (AvgIpc) is 2.89. The van der Waals surface area contributed by atoms with Gasteiger partial charge in [0.25, 0.3) is 0 Å². The van der Waals surface area contributed by atoms with Crippen LogP contribution < -0.4 is 10.6 Å². The van der Waals surface area contributed by atoms with Crippen LogP contribution in [0.15, 0.2) is 18.2 Å². The summed E-state index contributed by atoms with van der Waals surface area (Å²) >= 11 is 0. The van der Waals surface area contributed by atoms with E-state index in [1.54, 1.807) is 33.8 Å². The third kappa shape index (κ3) is 12.9. The van der Waals surface area contributed by atoms with Gasteiger partial charge in [-0.25, -0.2) is 4.79 Å². The predicted molar refractivity (Wildman–Crippen MR) is 158 cm³/mol. The number of aliphatic hydroxyl groups excluding tert-OH is 1. The molecule has 3 N–H and O–H groups in total. The molecule has 232 valence electrons. The maximum absolute atomic E-state index is 14.0. The zero-order valence-electron chi connectivity index (χ0n) is 26.0. The Kier molecular flexibility index (Phi) is 16.0. The molecule has 1 aromatic rings. The molecule has 10 nitrogen and oxygen atoms in total. The van der Waals surface area contributed by atoms with E-state index >= 15 is 0 Å². The third-order valence-corrected chi connectivity index (χ3v) is 6.64. The van der Waals surface area contributed by atoms with Gasteiger partial charge in [-0.2, -0.15) is 0 Å². The summed E-state index contributed by atoms with van der Waals surface area (Å²) in [5, 5.41) is 15.4. The van der Waals surface area contributed by atoms with Crippen LogP contribution in [0.5, 0.6) is 0 Å². The van der Waals surface area contributed by atoms with E-state index in [-0.39, 0.29) is 26.1 Å². The fourth-order valence-corrected chi connectivity index (χ4v) is 4.40. The van der Waals surface area contributed by atoms with Gasteiger partial charge < -0.3 is 30.1 Å². The highest BCUT2D eigenvalue weighted by molar-refractivity contribution is 5.92. The van der Waals surface area contributed by atoms with Gasteiger partial charge in [-0.15, -0.1) is 0 Å². The van der Waals surface area contributed by atoms with Crippen molar-refractivity contribution in [3.05, 3.63) is 34.9 Å². The number of amides is 3. The fraction of sp³-hybridized carbons (Fsp3) is 0.677. The molecule has 2 atom stereocenters. The lowest BCUT2D eigenvalue weighted by Gasteiger charge is -2.35. The number of benzene rings is 1. The summed E-state index contributed by atoms with van der Waals surface area (Å²) in [7, 11) is 0. The van der Waals surface area contributed by atoms with Crippen LogP contribution in [-0.4, -0.2) is 71.8 Å². The van der Waals surface area contributed by atoms with Gasteiger partial charge in [-0.05, 0) is 64.7 Å². The minimum absolute atomic E-state index is 0.00998. The Bertz CT molecular complexity index is 990.